The molecule has 14 heavy (non-hydrogen) atoms. The summed E-state index contributed by atoms with van der Waals surface area (Å²) < 4.78 is 0. The van der Waals surface area contributed by atoms with Gasteiger partial charge in [-0.3, -0.25) is 0 Å². The first-order chi connectivity index (χ1) is 6.29. The fourth-order valence-corrected chi connectivity index (χ4v) is 3.86. The van der Waals surface area contributed by atoms with Crippen LogP contribution in [-0.2, 0) is 0 Å². The SMILES string of the molecule is CC(C)(C)CC1CC2C[C@@H](C1)C2(C)C. The van der Waals surface area contributed by atoms with E-state index in [1.165, 1.54) is 25.7 Å². The molecule has 0 saturated heterocycles. The quantitative estimate of drug-likeness (QED) is 0.577. The molecule has 3 rings (SSSR count). The smallest absolute Gasteiger partial charge is 0.0297 e. The highest BCUT2D eigenvalue weighted by atomic mass is 14.6. The molecule has 3 aliphatic rings. The van der Waals surface area contributed by atoms with Crippen molar-refractivity contribution in [1.82, 2.24) is 0 Å². The number of rotatable bonds is 1. The van der Waals surface area contributed by atoms with Crippen molar-refractivity contribution in [3.05, 3.63) is 0 Å². The Hall–Kier alpha value is 0. The van der Waals surface area contributed by atoms with Crippen LogP contribution in [0.2, 0.25) is 0 Å². The predicted octanol–water partition coefficient (Wildman–Crippen LogP) is 4.49. The zero-order chi connectivity index (χ0) is 10.6. The lowest BCUT2D eigenvalue weighted by atomic mass is 9.46. The molecule has 0 heteroatoms. The third-order valence-electron chi connectivity index (χ3n) is 4.81. The highest BCUT2D eigenvalue weighted by molar-refractivity contribution is 5.02. The van der Waals surface area contributed by atoms with E-state index in [1.54, 1.807) is 0 Å². The van der Waals surface area contributed by atoms with E-state index in [-0.39, 0.29) is 0 Å². The van der Waals surface area contributed by atoms with E-state index in [4.69, 9.17) is 0 Å². The van der Waals surface area contributed by atoms with Crippen molar-refractivity contribution in [2.24, 2.45) is 28.6 Å². The van der Waals surface area contributed by atoms with Crippen molar-refractivity contribution in [1.29, 1.82) is 0 Å². The van der Waals surface area contributed by atoms with E-state index in [0.717, 1.165) is 17.8 Å². The fourth-order valence-electron chi connectivity index (χ4n) is 3.86. The molecule has 0 heterocycles. The van der Waals surface area contributed by atoms with Crippen molar-refractivity contribution < 1.29 is 0 Å². The molecular weight excluding hydrogens is 168 g/mol. The summed E-state index contributed by atoms with van der Waals surface area (Å²) >= 11 is 0. The van der Waals surface area contributed by atoms with E-state index < -0.39 is 0 Å². The van der Waals surface area contributed by atoms with Crippen LogP contribution in [0.15, 0.2) is 0 Å². The molecule has 3 atom stereocenters. The lowest BCUT2D eigenvalue weighted by molar-refractivity contribution is -0.0957. The zero-order valence-corrected chi connectivity index (χ0v) is 10.6. The average molecular weight is 194 g/mol. The Labute approximate surface area is 89.5 Å². The molecule has 3 saturated carbocycles. The van der Waals surface area contributed by atoms with Crippen LogP contribution in [0.5, 0.6) is 0 Å². The lowest BCUT2D eigenvalue weighted by Crippen LogP contribution is -2.50. The van der Waals surface area contributed by atoms with Crippen LogP contribution in [0.25, 0.3) is 0 Å². The molecule has 0 aromatic carbocycles. The summed E-state index contributed by atoms with van der Waals surface area (Å²) in [6.45, 7) is 12.1. The number of fused-ring (bicyclic) bond motifs is 2. The van der Waals surface area contributed by atoms with Gasteiger partial charge in [-0.2, -0.15) is 0 Å². The van der Waals surface area contributed by atoms with Crippen LogP contribution in [0.3, 0.4) is 0 Å². The second-order valence-electron chi connectivity index (χ2n) is 7.55. The lowest BCUT2D eigenvalue weighted by Gasteiger charge is -2.59. The molecule has 0 aliphatic heterocycles. The van der Waals surface area contributed by atoms with Gasteiger partial charge >= 0.3 is 0 Å². The van der Waals surface area contributed by atoms with Gasteiger partial charge in [0.15, 0.2) is 0 Å². The zero-order valence-electron chi connectivity index (χ0n) is 10.6. The average Bonchev–Trinajstić information content (AvgIpc) is 2.01. The number of hydrogen-bond acceptors (Lipinski definition) is 0. The standard InChI is InChI=1S/C14H26/c1-13(2,3)9-10-6-11-8-12(7-10)14(11,4)5/h10-12H,6-9H2,1-5H3/t10?,11-,12?/m1/s1. The molecule has 2 bridgehead atoms. The Balaban J connectivity index is 1.91. The molecule has 3 fully saturated rings. The fraction of sp³-hybridized carbons (Fsp3) is 1.00. The molecule has 0 N–H and O–H groups in total. The third kappa shape index (κ3) is 1.73. The van der Waals surface area contributed by atoms with E-state index >= 15 is 0 Å². The van der Waals surface area contributed by atoms with Gasteiger partial charge in [-0.1, -0.05) is 34.6 Å². The van der Waals surface area contributed by atoms with Gasteiger partial charge in [0.1, 0.15) is 0 Å². The van der Waals surface area contributed by atoms with Gasteiger partial charge in [0.25, 0.3) is 0 Å². The van der Waals surface area contributed by atoms with Gasteiger partial charge in [-0.15, -0.1) is 0 Å². The first-order valence-electron chi connectivity index (χ1n) is 6.29. The predicted molar refractivity (Wildman–Crippen MR) is 62.2 cm³/mol. The molecule has 0 aromatic rings. The molecule has 0 spiro atoms. The summed E-state index contributed by atoms with van der Waals surface area (Å²) in [5, 5.41) is 0. The van der Waals surface area contributed by atoms with Crippen LogP contribution < -0.4 is 0 Å². The van der Waals surface area contributed by atoms with Gasteiger partial charge in [0.05, 0.1) is 0 Å². The van der Waals surface area contributed by atoms with Gasteiger partial charge in [-0.25, -0.2) is 0 Å². The molecule has 3 aliphatic carbocycles. The van der Waals surface area contributed by atoms with E-state index in [0.29, 0.717) is 10.8 Å². The monoisotopic (exact) mass is 194 g/mol. The summed E-state index contributed by atoms with van der Waals surface area (Å²) in [6.07, 6.45) is 6.01. The van der Waals surface area contributed by atoms with Crippen molar-refractivity contribution in [3.63, 3.8) is 0 Å². The van der Waals surface area contributed by atoms with Crippen LogP contribution >= 0.6 is 0 Å². The van der Waals surface area contributed by atoms with E-state index in [2.05, 4.69) is 34.6 Å². The van der Waals surface area contributed by atoms with Gasteiger partial charge in [0, 0.05) is 0 Å². The van der Waals surface area contributed by atoms with E-state index in [9.17, 15) is 0 Å². The van der Waals surface area contributed by atoms with Crippen molar-refractivity contribution in [3.8, 4) is 0 Å². The first-order valence-corrected chi connectivity index (χ1v) is 6.29. The third-order valence-corrected chi connectivity index (χ3v) is 4.81. The Bertz CT molecular complexity index is 205. The Morgan fingerprint density at radius 2 is 1.50 bits per heavy atom. The summed E-state index contributed by atoms with van der Waals surface area (Å²) in [7, 11) is 0. The second kappa shape index (κ2) is 3.00. The highest BCUT2D eigenvalue weighted by Gasteiger charge is 2.52. The normalized spacial score (nSPS) is 40.5. The molecule has 0 aromatic heterocycles. The van der Waals surface area contributed by atoms with Gasteiger partial charge in [-0.05, 0) is 54.3 Å². The largest absolute Gasteiger partial charge is 0.0602 e. The van der Waals surface area contributed by atoms with Crippen molar-refractivity contribution in [2.45, 2.75) is 60.3 Å². The topological polar surface area (TPSA) is 0 Å². The molecular formula is C14H26. The van der Waals surface area contributed by atoms with Crippen molar-refractivity contribution in [2.75, 3.05) is 0 Å². The molecule has 0 amide bonds. The second-order valence-corrected chi connectivity index (χ2v) is 7.55. The van der Waals surface area contributed by atoms with Crippen LogP contribution in [0, 0.1) is 28.6 Å². The minimum atomic E-state index is 0.540. The minimum absolute atomic E-state index is 0.540. The van der Waals surface area contributed by atoms with Crippen LogP contribution in [0.4, 0.5) is 0 Å². The van der Waals surface area contributed by atoms with Gasteiger partial charge < -0.3 is 0 Å². The maximum absolute atomic E-state index is 2.49. The number of hydrogen-bond donors (Lipinski definition) is 0. The molecule has 82 valence electrons. The summed E-state index contributed by atoms with van der Waals surface area (Å²) in [6, 6.07) is 0. The maximum atomic E-state index is 2.49. The summed E-state index contributed by atoms with van der Waals surface area (Å²) in [4.78, 5) is 0. The summed E-state index contributed by atoms with van der Waals surface area (Å²) in [5.74, 6) is 3.13. The van der Waals surface area contributed by atoms with E-state index in [1.807, 2.05) is 0 Å². The first kappa shape index (κ1) is 10.5. The summed E-state index contributed by atoms with van der Waals surface area (Å²) in [5.41, 5.74) is 1.23. The Kier molecular flexibility index (Phi) is 2.25. The molecule has 0 radical (unpaired) electrons. The maximum Gasteiger partial charge on any atom is -0.0297 e. The minimum Gasteiger partial charge on any atom is -0.0602 e. The van der Waals surface area contributed by atoms with Gasteiger partial charge in [0.2, 0.25) is 0 Å². The molecule has 0 nitrogen and oxygen atoms in total. The molecule has 2 unspecified atom stereocenters. The highest BCUT2D eigenvalue weighted by Crippen LogP contribution is 2.61. The van der Waals surface area contributed by atoms with Crippen LogP contribution in [0.1, 0.15) is 60.3 Å². The van der Waals surface area contributed by atoms with Crippen molar-refractivity contribution >= 4 is 0 Å². The Morgan fingerprint density at radius 1 is 1.00 bits per heavy atom. The van der Waals surface area contributed by atoms with Crippen LogP contribution in [-0.4, -0.2) is 0 Å². The Morgan fingerprint density at radius 3 is 1.86 bits per heavy atom.